The van der Waals surface area contributed by atoms with Gasteiger partial charge >= 0.3 is 5.97 Å². The molecule has 0 bridgehead atoms. The van der Waals surface area contributed by atoms with Crippen LogP contribution in [-0.2, 0) is 20.7 Å². The maximum atomic E-state index is 12.9. The van der Waals surface area contributed by atoms with Crippen LogP contribution in [0, 0.1) is 5.82 Å². The van der Waals surface area contributed by atoms with E-state index in [1.807, 2.05) is 0 Å². The summed E-state index contributed by atoms with van der Waals surface area (Å²) in [6.45, 7) is 1.53. The summed E-state index contributed by atoms with van der Waals surface area (Å²) in [5, 5.41) is 2.76. The molecule has 1 aliphatic rings. The minimum absolute atomic E-state index is 0.0428. The highest BCUT2D eigenvalue weighted by Crippen LogP contribution is 2.18. The minimum Gasteiger partial charge on any atom is -0.452 e. The lowest BCUT2D eigenvalue weighted by Gasteiger charge is -2.13. The van der Waals surface area contributed by atoms with E-state index in [9.17, 15) is 14.0 Å². The molecule has 0 unspecified atom stereocenters. The number of esters is 1. The number of carbonyl (C=O) groups is 2. The Bertz CT molecular complexity index is 485. The Labute approximate surface area is 110 Å². The van der Waals surface area contributed by atoms with Crippen LogP contribution < -0.4 is 5.32 Å². The van der Waals surface area contributed by atoms with E-state index in [0.717, 1.165) is 12.8 Å². The molecule has 1 aromatic rings. The summed E-state index contributed by atoms with van der Waals surface area (Å²) >= 11 is 0. The van der Waals surface area contributed by atoms with E-state index in [4.69, 9.17) is 4.74 Å². The number of halogens is 1. The predicted molar refractivity (Wildman–Crippen MR) is 66.8 cm³/mol. The number of nitrogens with one attached hydrogen (secondary N) is 1. The minimum atomic E-state index is -0.818. The zero-order valence-electron chi connectivity index (χ0n) is 10.7. The molecule has 102 valence electrons. The maximum Gasteiger partial charge on any atom is 0.311 e. The summed E-state index contributed by atoms with van der Waals surface area (Å²) < 4.78 is 18.0. The van der Waals surface area contributed by atoms with Gasteiger partial charge in [-0.3, -0.25) is 9.59 Å². The van der Waals surface area contributed by atoms with Gasteiger partial charge in [-0.2, -0.15) is 0 Å². The van der Waals surface area contributed by atoms with Crippen LogP contribution in [0.2, 0.25) is 0 Å². The summed E-state index contributed by atoms with van der Waals surface area (Å²) in [4.78, 5) is 23.2. The number of ether oxygens (including phenoxy) is 1. The molecular formula is C14H16FNO3. The van der Waals surface area contributed by atoms with Crippen molar-refractivity contribution in [2.75, 3.05) is 0 Å². The smallest absolute Gasteiger partial charge is 0.311 e. The summed E-state index contributed by atoms with van der Waals surface area (Å²) in [7, 11) is 0. The van der Waals surface area contributed by atoms with Crippen LogP contribution in [0.25, 0.3) is 0 Å². The van der Waals surface area contributed by atoms with Gasteiger partial charge in [-0.05, 0) is 37.5 Å². The molecule has 0 saturated heterocycles. The summed E-state index contributed by atoms with van der Waals surface area (Å²) in [5.74, 6) is -1.22. The molecule has 1 atom stereocenters. The number of hydrogen-bond acceptors (Lipinski definition) is 3. The van der Waals surface area contributed by atoms with Gasteiger partial charge in [0.15, 0.2) is 6.10 Å². The number of rotatable bonds is 5. The molecule has 5 heteroatoms. The second-order valence-electron chi connectivity index (χ2n) is 4.72. The predicted octanol–water partition coefficient (Wildman–Crippen LogP) is 1.58. The molecule has 19 heavy (non-hydrogen) atoms. The van der Waals surface area contributed by atoms with Crippen molar-refractivity contribution in [1.82, 2.24) is 5.32 Å². The van der Waals surface area contributed by atoms with Gasteiger partial charge in [0.05, 0.1) is 6.42 Å². The van der Waals surface area contributed by atoms with E-state index >= 15 is 0 Å². The highest BCUT2D eigenvalue weighted by molar-refractivity contribution is 5.84. The molecule has 1 N–H and O–H groups in total. The van der Waals surface area contributed by atoms with Crippen molar-refractivity contribution in [3.05, 3.63) is 35.6 Å². The maximum absolute atomic E-state index is 12.9. The lowest BCUT2D eigenvalue weighted by molar-refractivity contribution is -0.154. The molecule has 1 aliphatic carbocycles. The normalized spacial score (nSPS) is 15.7. The van der Waals surface area contributed by atoms with E-state index in [-0.39, 0.29) is 18.4 Å². The third kappa shape index (κ3) is 4.35. The van der Waals surface area contributed by atoms with Crippen LogP contribution in [-0.4, -0.2) is 24.0 Å². The summed E-state index contributed by atoms with van der Waals surface area (Å²) in [6.07, 6.45) is 1.10. The van der Waals surface area contributed by atoms with Crippen LogP contribution in [0.15, 0.2) is 24.3 Å². The Morgan fingerprint density at radius 1 is 1.47 bits per heavy atom. The van der Waals surface area contributed by atoms with E-state index in [0.29, 0.717) is 5.56 Å². The molecule has 0 spiro atoms. The van der Waals surface area contributed by atoms with Crippen molar-refractivity contribution in [2.45, 2.75) is 38.3 Å². The van der Waals surface area contributed by atoms with Gasteiger partial charge in [0.1, 0.15) is 5.82 Å². The Morgan fingerprint density at radius 3 is 2.84 bits per heavy atom. The molecule has 1 amide bonds. The fourth-order valence-electron chi connectivity index (χ4n) is 1.65. The topological polar surface area (TPSA) is 55.4 Å². The molecule has 0 heterocycles. The molecule has 1 aromatic carbocycles. The quantitative estimate of drug-likeness (QED) is 0.822. The largest absolute Gasteiger partial charge is 0.452 e. The Kier molecular flexibility index (Phi) is 4.14. The first-order chi connectivity index (χ1) is 9.04. The van der Waals surface area contributed by atoms with Gasteiger partial charge in [0.25, 0.3) is 5.91 Å². The fraction of sp³-hybridized carbons (Fsp3) is 0.429. The van der Waals surface area contributed by atoms with Gasteiger partial charge in [0.2, 0.25) is 0 Å². The Balaban J connectivity index is 1.81. The van der Waals surface area contributed by atoms with E-state index in [1.165, 1.54) is 25.1 Å². The van der Waals surface area contributed by atoms with Crippen molar-refractivity contribution in [1.29, 1.82) is 0 Å². The standard InChI is InChI=1S/C14H16FNO3/c1-9(14(18)16-12-5-6-12)19-13(17)8-10-3-2-4-11(15)7-10/h2-4,7,9,12H,5-6,8H2,1H3,(H,16,18)/t9-/m1/s1. The molecule has 0 radical (unpaired) electrons. The van der Waals surface area contributed by atoms with Crippen LogP contribution in [0.5, 0.6) is 0 Å². The van der Waals surface area contributed by atoms with Crippen molar-refractivity contribution >= 4 is 11.9 Å². The van der Waals surface area contributed by atoms with Gasteiger partial charge in [-0.25, -0.2) is 4.39 Å². The van der Waals surface area contributed by atoms with Crippen LogP contribution in [0.1, 0.15) is 25.3 Å². The van der Waals surface area contributed by atoms with Gasteiger partial charge in [-0.15, -0.1) is 0 Å². The van der Waals surface area contributed by atoms with Crippen molar-refractivity contribution < 1.29 is 18.7 Å². The number of benzene rings is 1. The van der Waals surface area contributed by atoms with Gasteiger partial charge in [0, 0.05) is 6.04 Å². The summed E-state index contributed by atoms with van der Waals surface area (Å²) in [5.41, 5.74) is 0.528. The highest BCUT2D eigenvalue weighted by atomic mass is 19.1. The van der Waals surface area contributed by atoms with Crippen molar-refractivity contribution in [2.24, 2.45) is 0 Å². The van der Waals surface area contributed by atoms with Crippen LogP contribution in [0.3, 0.4) is 0 Å². The third-order valence-electron chi connectivity index (χ3n) is 2.84. The second-order valence-corrected chi connectivity index (χ2v) is 4.72. The van der Waals surface area contributed by atoms with E-state index < -0.39 is 17.9 Å². The third-order valence-corrected chi connectivity index (χ3v) is 2.84. The van der Waals surface area contributed by atoms with Gasteiger partial charge < -0.3 is 10.1 Å². The second kappa shape index (κ2) is 5.82. The fourth-order valence-corrected chi connectivity index (χ4v) is 1.65. The molecule has 1 saturated carbocycles. The number of hydrogen-bond donors (Lipinski definition) is 1. The SMILES string of the molecule is C[C@@H](OC(=O)Cc1cccc(F)c1)C(=O)NC1CC1. The Morgan fingerprint density at radius 2 is 2.21 bits per heavy atom. The molecule has 0 aromatic heterocycles. The Hall–Kier alpha value is -1.91. The van der Waals surface area contributed by atoms with Crippen molar-refractivity contribution in [3.63, 3.8) is 0 Å². The number of amides is 1. The lowest BCUT2D eigenvalue weighted by Crippen LogP contribution is -2.37. The molecule has 0 aliphatic heterocycles. The zero-order chi connectivity index (χ0) is 13.8. The first-order valence-corrected chi connectivity index (χ1v) is 6.29. The first-order valence-electron chi connectivity index (χ1n) is 6.29. The molecule has 2 rings (SSSR count). The van der Waals surface area contributed by atoms with Gasteiger partial charge in [-0.1, -0.05) is 12.1 Å². The lowest BCUT2D eigenvalue weighted by atomic mass is 10.1. The van der Waals surface area contributed by atoms with Crippen LogP contribution >= 0.6 is 0 Å². The molecular weight excluding hydrogens is 249 g/mol. The highest BCUT2D eigenvalue weighted by Gasteiger charge is 2.27. The average molecular weight is 265 g/mol. The van der Waals surface area contributed by atoms with E-state index in [1.54, 1.807) is 6.07 Å². The molecule has 1 fully saturated rings. The van der Waals surface area contributed by atoms with Crippen molar-refractivity contribution in [3.8, 4) is 0 Å². The monoisotopic (exact) mass is 265 g/mol. The first kappa shape index (κ1) is 13.5. The molecule has 4 nitrogen and oxygen atoms in total. The number of carbonyl (C=O) groups excluding carboxylic acids is 2. The zero-order valence-corrected chi connectivity index (χ0v) is 10.7. The summed E-state index contributed by atoms with van der Waals surface area (Å²) in [6, 6.07) is 5.98. The average Bonchev–Trinajstić information content (AvgIpc) is 3.12. The van der Waals surface area contributed by atoms with E-state index in [2.05, 4.69) is 5.32 Å². The van der Waals surface area contributed by atoms with Crippen LogP contribution in [0.4, 0.5) is 4.39 Å².